The van der Waals surface area contributed by atoms with E-state index in [1.54, 1.807) is 12.1 Å². The first-order chi connectivity index (χ1) is 46.7. The number of benzene rings is 7. The fourth-order valence-corrected chi connectivity index (χ4v) is 13.7. The molecule has 14 rings (SSSR count). The van der Waals surface area contributed by atoms with Crippen LogP contribution in [0.15, 0.2) is 182 Å². The molecule has 2 saturated heterocycles. The Labute approximate surface area is 568 Å². The maximum Gasteiger partial charge on any atom is 0.222 e. The molecule has 2 aliphatic heterocycles. The first-order valence-corrected chi connectivity index (χ1v) is 35.3. The van der Waals surface area contributed by atoms with Gasteiger partial charge >= 0.3 is 0 Å². The molecule has 13 nitrogen and oxygen atoms in total. The Balaban J connectivity index is 0.000000131. The molecule has 7 aliphatic rings. The molecule has 5 aliphatic carbocycles. The summed E-state index contributed by atoms with van der Waals surface area (Å²) in [6.45, 7) is 9.22. The molecule has 506 valence electrons. The van der Waals surface area contributed by atoms with Crippen LogP contribution in [-0.4, -0.2) is 110 Å². The summed E-state index contributed by atoms with van der Waals surface area (Å²) in [5.74, 6) is 8.53. The normalized spacial score (nSPS) is 22.3. The number of halogens is 1. The van der Waals surface area contributed by atoms with Crippen molar-refractivity contribution in [3.63, 3.8) is 0 Å². The van der Waals surface area contributed by atoms with Crippen LogP contribution >= 0.6 is 0 Å². The van der Waals surface area contributed by atoms with E-state index in [0.717, 1.165) is 132 Å². The zero-order valence-electron chi connectivity index (χ0n) is 56.4. The Morgan fingerprint density at radius 2 is 0.667 bits per heavy atom. The van der Waals surface area contributed by atoms with Crippen molar-refractivity contribution in [3.8, 4) is 17.2 Å². The third-order valence-electron chi connectivity index (χ3n) is 20.5. The molecule has 4 amide bonds. The van der Waals surface area contributed by atoms with Crippen molar-refractivity contribution in [2.24, 2.45) is 35.1 Å². The third kappa shape index (κ3) is 21.8. The standard InChI is InChI=1S/C24H30N2O2.C20H28N2O.C19H20FNO2.C19H21NO2/c1-25-13-15-26(16-14-25)24(27)12-9-21-17-23(21)20-7-10-22(11-8-20)28-18-19-5-3-2-4-6-19;1-21-10-12-22(13-11-21)20(23)9-8-18-14-19(18)17-6-4-16(5-7-17)15-2-3-15;20-16-6-1-13(2-7-16)12-23-17-8-3-14(4-9-17)18-11-15(18)5-10-19(21)22;20-19(21)11-8-16-12-18(16)15-6-9-17(10-7-15)22-13-14-4-2-1-3-5-14/h2-8,10-11,21,23H,9,12-18H2,1H3;4-7,15,18-19H,2-3,8-14H2,1H3;1-4,6-9,15,18H,5,10-12H2,(H2,21,22);1-7,9-10,16,18H,8,11-13H2,(H2,20,21). The molecular weight excluding hydrogens is 1200 g/mol. The van der Waals surface area contributed by atoms with Gasteiger partial charge < -0.3 is 45.3 Å². The Bertz CT molecular complexity index is 3560. The fraction of sp³-hybridized carbons (Fsp3) is 0.439. The molecular formula is C82H99FN6O7. The van der Waals surface area contributed by atoms with Gasteiger partial charge in [0.1, 0.15) is 42.9 Å². The molecule has 96 heavy (non-hydrogen) atoms. The molecule has 2 heterocycles. The summed E-state index contributed by atoms with van der Waals surface area (Å²) in [6, 6.07) is 60.9. The molecule has 7 aromatic rings. The maximum atomic E-state index is 12.8. The lowest BCUT2D eigenvalue weighted by molar-refractivity contribution is -0.133. The number of hydrogen-bond donors (Lipinski definition) is 2. The molecule has 8 atom stereocenters. The predicted octanol–water partition coefficient (Wildman–Crippen LogP) is 14.6. The van der Waals surface area contributed by atoms with Crippen LogP contribution in [0, 0.1) is 29.5 Å². The predicted molar refractivity (Wildman–Crippen MR) is 377 cm³/mol. The SMILES string of the molecule is CN1CCN(C(=O)CCC2CC2c2ccc(C3CC3)cc2)CC1.CN1CCN(C(=O)CCC2CC2c2ccc(OCc3ccccc3)cc2)CC1.NC(=O)CCC1CC1c1ccc(OCc2ccc(F)cc2)cc1.NC(=O)CCC1CC1c1ccc(OCc2ccccc2)cc1. The number of carbonyl (C=O) groups excluding carboxylic acids is 4. The second-order valence-electron chi connectivity index (χ2n) is 28.0. The minimum atomic E-state index is -0.242. The summed E-state index contributed by atoms with van der Waals surface area (Å²) in [4.78, 5) is 55.0. The van der Waals surface area contributed by atoms with Gasteiger partial charge in [-0.05, 0) is 225 Å². The highest BCUT2D eigenvalue weighted by molar-refractivity contribution is 5.77. The Morgan fingerprint density at radius 1 is 0.375 bits per heavy atom. The number of hydrogen-bond acceptors (Lipinski definition) is 9. The molecule has 8 unspecified atom stereocenters. The van der Waals surface area contributed by atoms with Crippen LogP contribution in [0.3, 0.4) is 0 Å². The van der Waals surface area contributed by atoms with Crippen molar-refractivity contribution in [2.75, 3.05) is 66.5 Å². The van der Waals surface area contributed by atoms with Crippen molar-refractivity contribution in [1.82, 2.24) is 19.6 Å². The number of nitrogens with zero attached hydrogens (tertiary/aromatic N) is 4. The number of amides is 4. The number of likely N-dealkylation sites (N-methyl/N-ethyl adjacent to an activating group) is 2. The van der Waals surface area contributed by atoms with Gasteiger partial charge in [0.05, 0.1) is 0 Å². The van der Waals surface area contributed by atoms with E-state index in [0.29, 0.717) is 92.3 Å². The molecule has 0 spiro atoms. The van der Waals surface area contributed by atoms with Crippen LogP contribution in [0.5, 0.6) is 17.2 Å². The van der Waals surface area contributed by atoms with Crippen molar-refractivity contribution < 1.29 is 37.8 Å². The number of carbonyl (C=O) groups is 4. The molecule has 0 aromatic heterocycles. The highest BCUT2D eigenvalue weighted by atomic mass is 19.1. The number of piperazine rings is 2. The average molecular weight is 1300 g/mol. The van der Waals surface area contributed by atoms with Gasteiger partial charge in [0.2, 0.25) is 23.6 Å². The quantitative estimate of drug-likeness (QED) is 0.0538. The molecule has 5 saturated carbocycles. The van der Waals surface area contributed by atoms with E-state index >= 15 is 0 Å². The minimum absolute atomic E-state index is 0.199. The van der Waals surface area contributed by atoms with Crippen molar-refractivity contribution in [2.45, 2.75) is 139 Å². The number of rotatable bonds is 26. The van der Waals surface area contributed by atoms with Crippen molar-refractivity contribution >= 4 is 23.6 Å². The lowest BCUT2D eigenvalue weighted by Crippen LogP contribution is -2.47. The van der Waals surface area contributed by atoms with Gasteiger partial charge in [0, 0.05) is 78.0 Å². The van der Waals surface area contributed by atoms with E-state index in [1.807, 2.05) is 65.6 Å². The molecule has 4 N–H and O–H groups in total. The third-order valence-corrected chi connectivity index (χ3v) is 20.5. The first-order valence-electron chi connectivity index (χ1n) is 35.3. The largest absolute Gasteiger partial charge is 0.489 e. The van der Waals surface area contributed by atoms with Crippen molar-refractivity contribution in [3.05, 3.63) is 232 Å². The van der Waals surface area contributed by atoms with Gasteiger partial charge in [-0.2, -0.15) is 0 Å². The Morgan fingerprint density at radius 3 is 0.979 bits per heavy atom. The van der Waals surface area contributed by atoms with Gasteiger partial charge in [0.25, 0.3) is 0 Å². The van der Waals surface area contributed by atoms with Gasteiger partial charge in [0.15, 0.2) is 0 Å². The maximum absolute atomic E-state index is 12.8. The van der Waals surface area contributed by atoms with Crippen LogP contribution < -0.4 is 25.7 Å². The van der Waals surface area contributed by atoms with E-state index in [9.17, 15) is 23.6 Å². The molecule has 7 aromatic carbocycles. The first kappa shape index (κ1) is 69.0. The molecule has 0 radical (unpaired) electrons. The van der Waals surface area contributed by atoms with E-state index in [2.05, 4.69) is 126 Å². The summed E-state index contributed by atoms with van der Waals surface area (Å²) in [5.41, 5.74) is 20.7. The van der Waals surface area contributed by atoms with Crippen LogP contribution in [0.25, 0.3) is 0 Å². The zero-order valence-corrected chi connectivity index (χ0v) is 56.4. The zero-order chi connectivity index (χ0) is 66.8. The lowest BCUT2D eigenvalue weighted by Gasteiger charge is -2.32. The summed E-state index contributed by atoms with van der Waals surface area (Å²) >= 11 is 0. The van der Waals surface area contributed by atoms with E-state index in [-0.39, 0.29) is 17.6 Å². The second-order valence-corrected chi connectivity index (χ2v) is 28.0. The lowest BCUT2D eigenvalue weighted by atomic mass is 10.0. The molecule has 14 heteroatoms. The average Bonchev–Trinajstić information content (AvgIpc) is 1.79. The van der Waals surface area contributed by atoms with Crippen LogP contribution in [0.4, 0.5) is 4.39 Å². The summed E-state index contributed by atoms with van der Waals surface area (Å²) in [7, 11) is 4.25. The molecule has 7 fully saturated rings. The van der Waals surface area contributed by atoms with Crippen LogP contribution in [-0.2, 0) is 39.0 Å². The van der Waals surface area contributed by atoms with Crippen LogP contribution in [0.1, 0.15) is 164 Å². The smallest absolute Gasteiger partial charge is 0.222 e. The molecule has 0 bridgehead atoms. The highest BCUT2D eigenvalue weighted by Crippen LogP contribution is 2.53. The van der Waals surface area contributed by atoms with Crippen LogP contribution in [0.2, 0.25) is 0 Å². The topological polar surface area (TPSA) is 161 Å². The Kier molecular flexibility index (Phi) is 24.5. The number of nitrogens with two attached hydrogens (primary N) is 2. The Hall–Kier alpha value is -8.33. The summed E-state index contributed by atoms with van der Waals surface area (Å²) in [5, 5.41) is 0. The monoisotopic (exact) mass is 1300 g/mol. The summed E-state index contributed by atoms with van der Waals surface area (Å²) in [6.07, 6.45) is 13.8. The minimum Gasteiger partial charge on any atom is -0.489 e. The van der Waals surface area contributed by atoms with Gasteiger partial charge in [-0.3, -0.25) is 19.2 Å². The van der Waals surface area contributed by atoms with Crippen molar-refractivity contribution in [1.29, 1.82) is 0 Å². The fourth-order valence-electron chi connectivity index (χ4n) is 13.7. The number of ether oxygens (including phenoxy) is 3. The van der Waals surface area contributed by atoms with E-state index in [1.165, 1.54) is 76.8 Å². The van der Waals surface area contributed by atoms with E-state index < -0.39 is 0 Å². The van der Waals surface area contributed by atoms with Gasteiger partial charge in [-0.1, -0.05) is 133 Å². The second kappa shape index (κ2) is 34.1. The van der Waals surface area contributed by atoms with E-state index in [4.69, 9.17) is 25.7 Å². The van der Waals surface area contributed by atoms with Gasteiger partial charge in [-0.15, -0.1) is 0 Å². The van der Waals surface area contributed by atoms with Gasteiger partial charge in [-0.25, -0.2) is 4.39 Å². The highest BCUT2D eigenvalue weighted by Gasteiger charge is 2.41. The summed E-state index contributed by atoms with van der Waals surface area (Å²) < 4.78 is 30.2. The number of primary amides is 2.